The van der Waals surface area contributed by atoms with Gasteiger partial charge in [-0.1, -0.05) is 23.7 Å². The third kappa shape index (κ3) is 5.79. The Hall–Kier alpha value is -2.45. The molecule has 0 bridgehead atoms. The zero-order chi connectivity index (χ0) is 22.5. The summed E-state index contributed by atoms with van der Waals surface area (Å²) in [5, 5.41) is 3.11. The number of nitrogens with one attached hydrogen (secondary N) is 1. The first-order valence-electron chi connectivity index (χ1n) is 9.44. The van der Waals surface area contributed by atoms with Gasteiger partial charge in [-0.05, 0) is 56.7 Å². The number of rotatable bonds is 9. The molecule has 0 aliphatic rings. The summed E-state index contributed by atoms with van der Waals surface area (Å²) in [6.07, 6.45) is 1.05. The molecule has 2 rings (SSSR count). The Kier molecular flexibility index (Phi) is 7.97. The van der Waals surface area contributed by atoms with Gasteiger partial charge in [-0.15, -0.1) is 0 Å². The molecule has 0 fully saturated rings. The number of ether oxygens (including phenoxy) is 2. The maximum Gasteiger partial charge on any atom is 0.244 e. The Morgan fingerprint density at radius 1 is 1.17 bits per heavy atom. The Morgan fingerprint density at radius 3 is 2.30 bits per heavy atom. The van der Waals surface area contributed by atoms with Crippen molar-refractivity contribution in [1.29, 1.82) is 0 Å². The fraction of sp³-hybridized carbons (Fsp3) is 0.381. The summed E-state index contributed by atoms with van der Waals surface area (Å²) < 4.78 is 36.5. The van der Waals surface area contributed by atoms with Crippen molar-refractivity contribution in [3.05, 3.63) is 53.1 Å². The fourth-order valence-corrected chi connectivity index (χ4v) is 4.46. The van der Waals surface area contributed by atoms with Gasteiger partial charge >= 0.3 is 0 Å². The number of benzene rings is 2. The van der Waals surface area contributed by atoms with E-state index in [0.29, 0.717) is 12.4 Å². The summed E-state index contributed by atoms with van der Waals surface area (Å²) in [6, 6.07) is 10.6. The largest absolute Gasteiger partial charge is 0.495 e. The van der Waals surface area contributed by atoms with Gasteiger partial charge in [0, 0.05) is 0 Å². The zero-order valence-electron chi connectivity index (χ0n) is 17.7. The number of methoxy groups -OCH3 is 1. The van der Waals surface area contributed by atoms with Crippen LogP contribution in [0.4, 0.5) is 5.69 Å². The lowest BCUT2D eigenvalue weighted by Crippen LogP contribution is -2.48. The van der Waals surface area contributed by atoms with Crippen LogP contribution >= 0.6 is 11.6 Å². The predicted molar refractivity (Wildman–Crippen MR) is 119 cm³/mol. The quantitative estimate of drug-likeness (QED) is 0.623. The van der Waals surface area contributed by atoms with Crippen molar-refractivity contribution in [3.63, 3.8) is 0 Å². The summed E-state index contributed by atoms with van der Waals surface area (Å²) in [4.78, 5) is 12.9. The Bertz CT molecular complexity index is 979. The van der Waals surface area contributed by atoms with Gasteiger partial charge in [0.05, 0.1) is 36.7 Å². The van der Waals surface area contributed by atoms with E-state index in [9.17, 15) is 13.2 Å². The van der Waals surface area contributed by atoms with Crippen LogP contribution in [0.1, 0.15) is 32.4 Å². The smallest absolute Gasteiger partial charge is 0.244 e. The molecule has 0 aliphatic heterocycles. The Morgan fingerprint density at radius 2 is 1.80 bits per heavy atom. The number of halogens is 1. The van der Waals surface area contributed by atoms with Crippen LogP contribution < -0.4 is 19.1 Å². The molecule has 0 aliphatic carbocycles. The van der Waals surface area contributed by atoms with Crippen molar-refractivity contribution in [3.8, 4) is 11.5 Å². The molecule has 2 aromatic rings. The molecule has 0 radical (unpaired) electrons. The monoisotopic (exact) mass is 454 g/mol. The molecule has 1 N–H and O–H groups in total. The minimum atomic E-state index is -3.75. The van der Waals surface area contributed by atoms with Crippen LogP contribution in [-0.2, 0) is 14.8 Å². The second-order valence-corrected chi connectivity index (χ2v) is 9.05. The van der Waals surface area contributed by atoms with E-state index in [4.69, 9.17) is 21.1 Å². The standard InChI is InChI=1S/C21H27ClN2O5S/c1-6-29-18-10-7-16(8-11-18)14(2)23-21(25)15(3)24(30(5,26)27)17-9-12-20(28-4)19(22)13-17/h7-15H,6H2,1-5H3,(H,23,25)/t14-,15-/m1/s1. The highest BCUT2D eigenvalue weighted by Crippen LogP contribution is 2.31. The van der Waals surface area contributed by atoms with Gasteiger partial charge in [0.1, 0.15) is 17.5 Å². The maximum absolute atomic E-state index is 12.9. The van der Waals surface area contributed by atoms with E-state index >= 15 is 0 Å². The number of carbonyl (C=O) groups is 1. The van der Waals surface area contributed by atoms with Crippen LogP contribution in [0, 0.1) is 0 Å². The van der Waals surface area contributed by atoms with Crippen LogP contribution in [-0.4, -0.2) is 40.3 Å². The third-order valence-corrected chi connectivity index (χ3v) is 6.07. The lowest BCUT2D eigenvalue weighted by atomic mass is 10.1. The lowest BCUT2D eigenvalue weighted by Gasteiger charge is -2.29. The van der Waals surface area contributed by atoms with Crippen LogP contribution in [0.5, 0.6) is 11.5 Å². The minimum absolute atomic E-state index is 0.249. The number of hydrogen-bond donors (Lipinski definition) is 1. The normalized spacial score (nSPS) is 13.3. The Balaban J connectivity index is 2.22. The van der Waals surface area contributed by atoms with Crippen molar-refractivity contribution in [2.75, 3.05) is 24.3 Å². The minimum Gasteiger partial charge on any atom is -0.495 e. The maximum atomic E-state index is 12.9. The third-order valence-electron chi connectivity index (χ3n) is 4.53. The molecule has 0 saturated heterocycles. The van der Waals surface area contributed by atoms with Crippen molar-refractivity contribution in [2.24, 2.45) is 0 Å². The second kappa shape index (κ2) is 10.0. The van der Waals surface area contributed by atoms with E-state index in [2.05, 4.69) is 5.32 Å². The molecule has 1 amide bonds. The number of hydrogen-bond acceptors (Lipinski definition) is 5. The molecule has 9 heteroatoms. The van der Waals surface area contributed by atoms with Crippen molar-refractivity contribution < 1.29 is 22.7 Å². The van der Waals surface area contributed by atoms with Crippen molar-refractivity contribution in [1.82, 2.24) is 5.32 Å². The first kappa shape index (κ1) is 23.8. The summed E-state index contributed by atoms with van der Waals surface area (Å²) in [5.41, 5.74) is 1.15. The van der Waals surface area contributed by atoms with E-state index in [-0.39, 0.29) is 16.8 Å². The highest BCUT2D eigenvalue weighted by Gasteiger charge is 2.30. The molecule has 0 unspecified atom stereocenters. The van der Waals surface area contributed by atoms with Crippen LogP contribution in [0.2, 0.25) is 5.02 Å². The van der Waals surface area contributed by atoms with Gasteiger partial charge in [-0.3, -0.25) is 9.10 Å². The summed E-state index contributed by atoms with van der Waals surface area (Å²) in [6.45, 7) is 5.83. The van der Waals surface area contributed by atoms with E-state index in [0.717, 1.165) is 21.9 Å². The lowest BCUT2D eigenvalue weighted by molar-refractivity contribution is -0.122. The summed E-state index contributed by atoms with van der Waals surface area (Å²) in [7, 11) is -2.29. The average molecular weight is 455 g/mol. The second-order valence-electron chi connectivity index (χ2n) is 6.79. The summed E-state index contributed by atoms with van der Waals surface area (Å²) in [5.74, 6) is 0.719. The first-order chi connectivity index (χ1) is 14.1. The molecule has 0 aromatic heterocycles. The van der Waals surface area contributed by atoms with Crippen LogP contribution in [0.15, 0.2) is 42.5 Å². The van der Waals surface area contributed by atoms with Gasteiger partial charge in [-0.25, -0.2) is 8.42 Å². The first-order valence-corrected chi connectivity index (χ1v) is 11.7. The molecule has 164 valence electrons. The van der Waals surface area contributed by atoms with E-state index < -0.39 is 22.0 Å². The zero-order valence-corrected chi connectivity index (χ0v) is 19.3. The van der Waals surface area contributed by atoms with Gasteiger partial charge in [0.25, 0.3) is 0 Å². The van der Waals surface area contributed by atoms with Crippen molar-refractivity contribution >= 4 is 33.2 Å². The number of anilines is 1. The van der Waals surface area contributed by atoms with E-state index in [1.165, 1.54) is 20.1 Å². The number of sulfonamides is 1. The van der Waals surface area contributed by atoms with E-state index in [1.807, 2.05) is 38.1 Å². The summed E-state index contributed by atoms with van der Waals surface area (Å²) >= 11 is 6.15. The molecule has 0 heterocycles. The molecule has 0 saturated carbocycles. The fourth-order valence-electron chi connectivity index (χ4n) is 3.04. The highest BCUT2D eigenvalue weighted by atomic mass is 35.5. The topological polar surface area (TPSA) is 84.9 Å². The van der Waals surface area contributed by atoms with Crippen LogP contribution in [0.25, 0.3) is 0 Å². The van der Waals surface area contributed by atoms with Gasteiger partial charge in [0.15, 0.2) is 0 Å². The molecule has 2 aromatic carbocycles. The molecular weight excluding hydrogens is 428 g/mol. The Labute approximate surface area is 183 Å². The van der Waals surface area contributed by atoms with Crippen molar-refractivity contribution in [2.45, 2.75) is 32.9 Å². The molecular formula is C21H27ClN2O5S. The molecule has 30 heavy (non-hydrogen) atoms. The average Bonchev–Trinajstić information content (AvgIpc) is 2.68. The van der Waals surface area contributed by atoms with Gasteiger partial charge in [-0.2, -0.15) is 0 Å². The number of nitrogens with zero attached hydrogens (tertiary/aromatic N) is 1. The number of amides is 1. The van der Waals surface area contributed by atoms with E-state index in [1.54, 1.807) is 12.1 Å². The molecule has 2 atom stereocenters. The molecule has 0 spiro atoms. The highest BCUT2D eigenvalue weighted by molar-refractivity contribution is 7.92. The SMILES string of the molecule is CCOc1ccc([C@@H](C)NC(=O)[C@@H](C)N(c2ccc(OC)c(Cl)c2)S(C)(=O)=O)cc1. The predicted octanol–water partition coefficient (Wildman–Crippen LogP) is 3.78. The molecule has 7 nitrogen and oxygen atoms in total. The van der Waals surface area contributed by atoms with Crippen LogP contribution in [0.3, 0.4) is 0 Å². The van der Waals surface area contributed by atoms with Gasteiger partial charge in [0.2, 0.25) is 15.9 Å². The number of carbonyl (C=O) groups excluding carboxylic acids is 1. The van der Waals surface area contributed by atoms with Gasteiger partial charge < -0.3 is 14.8 Å².